The zero-order valence-corrected chi connectivity index (χ0v) is 23.0. The third-order valence-electron chi connectivity index (χ3n) is 5.08. The molecule has 0 aliphatic rings. The molecule has 189 valence electrons. The Balaban J connectivity index is 0.00000380. The molecule has 13 nitrogen and oxygen atoms in total. The largest absolute Gasteiger partial charge is 0.506 e. The predicted octanol–water partition coefficient (Wildman–Crippen LogP) is 3.18. The zero-order chi connectivity index (χ0) is 26.6. The zero-order valence-electron chi connectivity index (χ0n) is 18.5. The van der Waals surface area contributed by atoms with Crippen molar-refractivity contribution in [3.05, 3.63) is 54.6 Å². The summed E-state index contributed by atoms with van der Waals surface area (Å²) in [5.74, 6) is -1.81. The molecule has 5 N–H and O–H groups in total. The van der Waals surface area contributed by atoms with Crippen LogP contribution in [0.2, 0.25) is 0 Å². The summed E-state index contributed by atoms with van der Waals surface area (Å²) in [6.45, 7) is 0. The molecule has 0 heterocycles. The molecular formula is C20H14N2NaO11S3. The molecule has 0 aliphatic heterocycles. The number of rotatable bonds is 5. The van der Waals surface area contributed by atoms with Gasteiger partial charge < -0.3 is 10.2 Å². The maximum Gasteiger partial charge on any atom is 0.298 e. The van der Waals surface area contributed by atoms with E-state index in [1.54, 1.807) is 0 Å². The van der Waals surface area contributed by atoms with Crippen molar-refractivity contribution < 1.29 is 49.1 Å². The summed E-state index contributed by atoms with van der Waals surface area (Å²) < 4.78 is 98.3. The molecular weight excluding hydrogens is 563 g/mol. The van der Waals surface area contributed by atoms with Crippen LogP contribution in [0.25, 0.3) is 21.5 Å². The Hall–Kier alpha value is -2.67. The molecule has 4 aromatic carbocycles. The minimum atomic E-state index is -5.05. The molecule has 0 amide bonds. The van der Waals surface area contributed by atoms with E-state index in [1.807, 2.05) is 0 Å². The molecule has 4 aromatic rings. The number of benzene rings is 4. The fourth-order valence-corrected chi connectivity index (χ4v) is 5.37. The third kappa shape index (κ3) is 5.62. The molecule has 37 heavy (non-hydrogen) atoms. The van der Waals surface area contributed by atoms with Crippen molar-refractivity contribution in [3.63, 3.8) is 0 Å². The first-order valence-electron chi connectivity index (χ1n) is 9.47. The normalized spacial score (nSPS) is 12.7. The first kappa shape index (κ1) is 28.9. The van der Waals surface area contributed by atoms with Gasteiger partial charge in [0.1, 0.15) is 26.9 Å². The van der Waals surface area contributed by atoms with E-state index in [1.165, 1.54) is 24.3 Å². The number of phenols is 2. The molecule has 17 heteroatoms. The minimum absolute atomic E-state index is 0. The van der Waals surface area contributed by atoms with Crippen LogP contribution >= 0.6 is 0 Å². The van der Waals surface area contributed by atoms with E-state index in [9.17, 15) is 49.1 Å². The maximum atomic E-state index is 11.8. The fraction of sp³-hybridized carbons (Fsp3) is 0. The van der Waals surface area contributed by atoms with Gasteiger partial charge >= 0.3 is 0 Å². The number of hydrogen-bond donors (Lipinski definition) is 5. The van der Waals surface area contributed by atoms with E-state index in [-0.39, 0.29) is 56.8 Å². The van der Waals surface area contributed by atoms with Crippen molar-refractivity contribution in [1.82, 2.24) is 0 Å². The molecule has 4 rings (SSSR count). The quantitative estimate of drug-likeness (QED) is 0.131. The van der Waals surface area contributed by atoms with Gasteiger partial charge in [-0.3, -0.25) is 13.7 Å². The van der Waals surface area contributed by atoms with Crippen LogP contribution in [0.1, 0.15) is 0 Å². The average Bonchev–Trinajstić information content (AvgIpc) is 2.76. The number of azo groups is 1. The monoisotopic (exact) mass is 577 g/mol. The fourth-order valence-electron chi connectivity index (χ4n) is 3.52. The van der Waals surface area contributed by atoms with E-state index in [0.29, 0.717) is 0 Å². The summed E-state index contributed by atoms with van der Waals surface area (Å²) in [4.78, 5) is -2.28. The van der Waals surface area contributed by atoms with Gasteiger partial charge in [-0.15, -0.1) is 10.2 Å². The third-order valence-corrected chi connectivity index (χ3v) is 7.69. The maximum absolute atomic E-state index is 11.8. The Morgan fingerprint density at radius 3 is 1.73 bits per heavy atom. The number of fused-ring (bicyclic) bond motifs is 2. The van der Waals surface area contributed by atoms with Crippen LogP contribution in [0.4, 0.5) is 11.4 Å². The van der Waals surface area contributed by atoms with Gasteiger partial charge in [0, 0.05) is 51.8 Å². The van der Waals surface area contributed by atoms with E-state index in [2.05, 4.69) is 10.2 Å². The van der Waals surface area contributed by atoms with Crippen LogP contribution in [0.5, 0.6) is 11.5 Å². The van der Waals surface area contributed by atoms with Crippen LogP contribution in [-0.2, 0) is 30.4 Å². The molecule has 0 unspecified atom stereocenters. The first-order chi connectivity index (χ1) is 16.6. The first-order valence-corrected chi connectivity index (χ1v) is 13.8. The Morgan fingerprint density at radius 1 is 0.595 bits per heavy atom. The summed E-state index contributed by atoms with van der Waals surface area (Å²) in [5.41, 5.74) is -0.887. The SMILES string of the molecule is O=S(=O)(O)c1ccc2c(N=Nc3c(O)cc(S(=O)(=O)O)c4ccccc34)c(O)c(S(=O)(=O)O)cc2c1.[Na]. The molecule has 0 fully saturated rings. The van der Waals surface area contributed by atoms with E-state index < -0.39 is 62.2 Å². The van der Waals surface area contributed by atoms with E-state index >= 15 is 0 Å². The molecule has 0 bridgehead atoms. The number of aromatic hydroxyl groups is 2. The van der Waals surface area contributed by atoms with Crippen LogP contribution in [0.3, 0.4) is 0 Å². The second kappa shape index (κ2) is 9.90. The van der Waals surface area contributed by atoms with Crippen molar-refractivity contribution in [3.8, 4) is 11.5 Å². The standard InChI is InChI=1S/C20H14N2O11S3.Na/c23-15-9-16(35(28,29)30)13-3-1-2-4-14(13)18(15)21-22-19-12-6-5-11(34(25,26)27)7-10(12)8-17(20(19)24)36(31,32)33;/h1-9,23-24H,(H,25,26,27)(H,28,29,30)(H,31,32,33);. The van der Waals surface area contributed by atoms with E-state index in [0.717, 1.165) is 30.3 Å². The van der Waals surface area contributed by atoms with Crippen molar-refractivity contribution in [1.29, 1.82) is 0 Å². The van der Waals surface area contributed by atoms with Crippen molar-refractivity contribution in [2.75, 3.05) is 0 Å². The summed E-state index contributed by atoms with van der Waals surface area (Å²) in [5, 5.41) is 28.3. The Bertz CT molecular complexity index is 1940. The smallest absolute Gasteiger partial charge is 0.298 e. The van der Waals surface area contributed by atoms with E-state index in [4.69, 9.17) is 0 Å². The minimum Gasteiger partial charge on any atom is -0.506 e. The van der Waals surface area contributed by atoms with Gasteiger partial charge in [-0.05, 0) is 23.6 Å². The molecule has 0 saturated heterocycles. The van der Waals surface area contributed by atoms with Crippen LogP contribution in [0, 0.1) is 0 Å². The van der Waals surface area contributed by atoms with Gasteiger partial charge in [0.2, 0.25) is 0 Å². The van der Waals surface area contributed by atoms with Crippen molar-refractivity contribution >= 4 is 92.8 Å². The van der Waals surface area contributed by atoms with Gasteiger partial charge in [0.15, 0.2) is 5.75 Å². The molecule has 0 atom stereocenters. The average molecular weight is 578 g/mol. The summed E-state index contributed by atoms with van der Waals surface area (Å²) >= 11 is 0. The van der Waals surface area contributed by atoms with Gasteiger partial charge in [-0.25, -0.2) is 0 Å². The Labute approximate surface area is 231 Å². The molecule has 0 saturated carbocycles. The van der Waals surface area contributed by atoms with Gasteiger partial charge in [-0.1, -0.05) is 30.3 Å². The van der Waals surface area contributed by atoms with Crippen molar-refractivity contribution in [2.45, 2.75) is 14.7 Å². The topological polar surface area (TPSA) is 228 Å². The van der Waals surface area contributed by atoms with Gasteiger partial charge in [-0.2, -0.15) is 25.3 Å². The van der Waals surface area contributed by atoms with Gasteiger partial charge in [0.05, 0.1) is 4.90 Å². The summed E-state index contributed by atoms with van der Waals surface area (Å²) in [6.07, 6.45) is 0. The molecule has 0 aliphatic carbocycles. The Kier molecular flexibility index (Phi) is 7.73. The second-order valence-corrected chi connectivity index (χ2v) is 11.6. The van der Waals surface area contributed by atoms with Crippen LogP contribution in [-0.4, -0.2) is 78.7 Å². The number of nitrogens with zero attached hydrogens (tertiary/aromatic N) is 2. The Morgan fingerprint density at radius 2 is 1.16 bits per heavy atom. The summed E-state index contributed by atoms with van der Waals surface area (Å²) in [6, 6.07) is 9.96. The van der Waals surface area contributed by atoms with Gasteiger partial charge in [0.25, 0.3) is 30.4 Å². The molecule has 0 aromatic heterocycles. The number of hydrogen-bond acceptors (Lipinski definition) is 10. The summed E-state index contributed by atoms with van der Waals surface area (Å²) in [7, 11) is -14.5. The van der Waals surface area contributed by atoms with Crippen LogP contribution < -0.4 is 0 Å². The van der Waals surface area contributed by atoms with Crippen molar-refractivity contribution in [2.24, 2.45) is 10.2 Å². The molecule has 0 spiro atoms. The van der Waals surface area contributed by atoms with Crippen LogP contribution in [0.15, 0.2) is 79.5 Å². The predicted molar refractivity (Wildman–Crippen MR) is 131 cm³/mol. The second-order valence-electron chi connectivity index (χ2n) is 7.37. The molecule has 1 radical (unpaired) electrons. The number of phenolic OH excluding ortho intramolecular Hbond substituents is 2.